The molecule has 0 amide bonds. The second-order valence-corrected chi connectivity index (χ2v) is 3.78. The van der Waals surface area contributed by atoms with Gasteiger partial charge in [-0.3, -0.25) is 4.98 Å². The fourth-order valence-electron chi connectivity index (χ4n) is 1.46. The van der Waals surface area contributed by atoms with E-state index in [0.717, 1.165) is 11.4 Å². The quantitative estimate of drug-likeness (QED) is 0.703. The minimum Gasteiger partial charge on any atom is -0.307 e. The summed E-state index contributed by atoms with van der Waals surface area (Å²) in [6.07, 6.45) is 3.41. The van der Waals surface area contributed by atoms with Gasteiger partial charge in [0.15, 0.2) is 0 Å². The van der Waals surface area contributed by atoms with Gasteiger partial charge in [-0.15, -0.1) is 0 Å². The van der Waals surface area contributed by atoms with E-state index < -0.39 is 0 Å². The van der Waals surface area contributed by atoms with Crippen LogP contribution in [0.3, 0.4) is 0 Å². The summed E-state index contributed by atoms with van der Waals surface area (Å²) < 4.78 is 2.48. The summed E-state index contributed by atoms with van der Waals surface area (Å²) in [5, 5.41) is 9.02. The maximum atomic E-state index is 9.02. The molecule has 0 aliphatic carbocycles. The van der Waals surface area contributed by atoms with Crippen LogP contribution in [0.2, 0.25) is 0 Å². The van der Waals surface area contributed by atoms with Gasteiger partial charge in [0.25, 0.3) is 0 Å². The van der Waals surface area contributed by atoms with Crippen molar-refractivity contribution in [1.29, 1.82) is 5.26 Å². The molecule has 0 N–H and O–H groups in total. The lowest BCUT2D eigenvalue weighted by molar-refractivity contribution is 1.00. The van der Waals surface area contributed by atoms with Crippen molar-refractivity contribution in [3.63, 3.8) is 0 Å². The van der Waals surface area contributed by atoms with Crippen LogP contribution >= 0.6 is 12.2 Å². The summed E-state index contributed by atoms with van der Waals surface area (Å²) in [6.45, 7) is 1.89. The predicted molar refractivity (Wildman–Crippen MR) is 63.9 cm³/mol. The van der Waals surface area contributed by atoms with Crippen LogP contribution in [-0.2, 0) is 0 Å². The van der Waals surface area contributed by atoms with E-state index in [4.69, 9.17) is 17.5 Å². The molecule has 0 atom stereocenters. The highest BCUT2D eigenvalue weighted by Crippen LogP contribution is 2.14. The number of hydrogen-bond donors (Lipinski definition) is 0. The van der Waals surface area contributed by atoms with Crippen molar-refractivity contribution in [3.8, 4) is 11.8 Å². The van der Waals surface area contributed by atoms with Crippen LogP contribution in [0.4, 0.5) is 0 Å². The number of rotatable bonds is 1. The Morgan fingerprint density at radius 2 is 2.25 bits per heavy atom. The smallest absolute Gasteiger partial charge is 0.110 e. The van der Waals surface area contributed by atoms with Gasteiger partial charge >= 0.3 is 0 Å². The molecule has 4 heteroatoms. The zero-order valence-corrected chi connectivity index (χ0v) is 9.53. The molecule has 0 fully saturated rings. The van der Waals surface area contributed by atoms with Gasteiger partial charge in [-0.2, -0.15) is 5.26 Å². The maximum absolute atomic E-state index is 9.02. The Labute approximate surface area is 98.6 Å². The van der Waals surface area contributed by atoms with Gasteiger partial charge in [-0.05, 0) is 25.1 Å². The Kier molecular flexibility index (Phi) is 2.80. The Hall–Kier alpha value is -1.99. The molecular weight excluding hydrogens is 218 g/mol. The highest BCUT2D eigenvalue weighted by molar-refractivity contribution is 7.71. The topological polar surface area (TPSA) is 41.6 Å². The highest BCUT2D eigenvalue weighted by Gasteiger charge is 2.04. The van der Waals surface area contributed by atoms with Crippen LogP contribution in [0, 0.1) is 22.9 Å². The van der Waals surface area contributed by atoms with Crippen molar-refractivity contribution in [2.24, 2.45) is 0 Å². The molecule has 0 bridgehead atoms. The Bertz CT molecular complexity index is 623. The largest absolute Gasteiger partial charge is 0.307 e. The van der Waals surface area contributed by atoms with Crippen molar-refractivity contribution in [2.45, 2.75) is 6.92 Å². The molecular formula is C12H9N3S. The second-order valence-electron chi connectivity index (χ2n) is 3.36. The molecule has 0 radical (unpaired) electrons. The zero-order chi connectivity index (χ0) is 11.5. The van der Waals surface area contributed by atoms with Crippen molar-refractivity contribution in [1.82, 2.24) is 9.55 Å². The van der Waals surface area contributed by atoms with Crippen LogP contribution in [-0.4, -0.2) is 9.55 Å². The SMILES string of the molecule is Cc1cc(-n2ccccc2=S)c(C#N)cn1. The molecule has 3 nitrogen and oxygen atoms in total. The Morgan fingerprint density at radius 3 is 2.94 bits per heavy atom. The molecule has 2 heterocycles. The van der Waals surface area contributed by atoms with Gasteiger partial charge < -0.3 is 4.57 Å². The van der Waals surface area contributed by atoms with Crippen LogP contribution < -0.4 is 0 Å². The first-order chi connectivity index (χ1) is 7.72. The van der Waals surface area contributed by atoms with E-state index in [1.54, 1.807) is 6.20 Å². The van der Waals surface area contributed by atoms with Crippen molar-refractivity contribution in [2.75, 3.05) is 0 Å². The Balaban J connectivity index is 2.74. The van der Waals surface area contributed by atoms with E-state index in [9.17, 15) is 0 Å². The van der Waals surface area contributed by atoms with E-state index in [2.05, 4.69) is 11.1 Å². The first-order valence-electron chi connectivity index (χ1n) is 4.77. The van der Waals surface area contributed by atoms with E-state index in [0.29, 0.717) is 10.2 Å². The molecule has 0 spiro atoms. The number of nitriles is 1. The van der Waals surface area contributed by atoms with Crippen molar-refractivity contribution < 1.29 is 0 Å². The van der Waals surface area contributed by atoms with Crippen LogP contribution in [0.5, 0.6) is 0 Å². The lowest BCUT2D eigenvalue weighted by Gasteiger charge is -2.08. The number of nitrogens with zero attached hydrogens (tertiary/aromatic N) is 3. The van der Waals surface area contributed by atoms with Crippen molar-refractivity contribution in [3.05, 3.63) is 52.6 Å². The van der Waals surface area contributed by atoms with Gasteiger partial charge in [0.05, 0.1) is 11.3 Å². The maximum Gasteiger partial charge on any atom is 0.110 e. The van der Waals surface area contributed by atoms with Crippen LogP contribution in [0.15, 0.2) is 36.7 Å². The summed E-state index contributed by atoms with van der Waals surface area (Å²) in [5.74, 6) is 0. The number of aromatic nitrogens is 2. The first kappa shape index (κ1) is 10.5. The summed E-state index contributed by atoms with van der Waals surface area (Å²) in [5.41, 5.74) is 2.16. The number of pyridine rings is 2. The van der Waals surface area contributed by atoms with E-state index >= 15 is 0 Å². The lowest BCUT2D eigenvalue weighted by Crippen LogP contribution is -2.00. The number of hydrogen-bond acceptors (Lipinski definition) is 3. The molecule has 0 aliphatic heterocycles. The van der Waals surface area contributed by atoms with E-state index in [-0.39, 0.29) is 0 Å². The third-order valence-electron chi connectivity index (χ3n) is 2.22. The molecule has 0 aromatic carbocycles. The summed E-state index contributed by atoms with van der Waals surface area (Å²) >= 11 is 5.22. The van der Waals surface area contributed by atoms with E-state index in [1.165, 1.54) is 0 Å². The molecule has 0 aliphatic rings. The molecule has 2 aromatic heterocycles. The molecule has 0 saturated carbocycles. The van der Waals surface area contributed by atoms with Gasteiger partial charge in [-0.1, -0.05) is 18.3 Å². The molecule has 0 unspecified atom stereocenters. The minimum atomic E-state index is 0.521. The molecule has 16 heavy (non-hydrogen) atoms. The summed E-state index contributed by atoms with van der Waals surface area (Å²) in [4.78, 5) is 4.10. The Morgan fingerprint density at radius 1 is 1.44 bits per heavy atom. The van der Waals surface area contributed by atoms with E-state index in [1.807, 2.05) is 42.0 Å². The van der Waals surface area contributed by atoms with Crippen molar-refractivity contribution >= 4 is 12.2 Å². The lowest BCUT2D eigenvalue weighted by atomic mass is 10.2. The zero-order valence-electron chi connectivity index (χ0n) is 8.71. The fraction of sp³-hybridized carbons (Fsp3) is 0.0833. The third-order valence-corrected chi connectivity index (χ3v) is 2.55. The van der Waals surface area contributed by atoms with Gasteiger partial charge in [0.2, 0.25) is 0 Å². The fourth-order valence-corrected chi connectivity index (χ4v) is 1.70. The predicted octanol–water partition coefficient (Wildman–Crippen LogP) is 2.78. The van der Waals surface area contributed by atoms with Gasteiger partial charge in [-0.25, -0.2) is 0 Å². The van der Waals surface area contributed by atoms with Gasteiger partial charge in [0, 0.05) is 18.1 Å². The summed E-state index contributed by atoms with van der Waals surface area (Å²) in [6, 6.07) is 9.56. The summed E-state index contributed by atoms with van der Waals surface area (Å²) in [7, 11) is 0. The molecule has 0 saturated heterocycles. The average Bonchev–Trinajstić information content (AvgIpc) is 2.29. The monoisotopic (exact) mass is 227 g/mol. The molecule has 2 rings (SSSR count). The standard InChI is InChI=1S/C12H9N3S/c1-9-6-11(10(7-13)8-14-9)15-5-3-2-4-12(15)16/h2-6,8H,1H3. The van der Waals surface area contributed by atoms with Gasteiger partial charge in [0.1, 0.15) is 10.7 Å². The minimum absolute atomic E-state index is 0.521. The second kappa shape index (κ2) is 4.25. The normalized spacial score (nSPS) is 9.75. The molecule has 78 valence electrons. The first-order valence-corrected chi connectivity index (χ1v) is 5.18. The highest BCUT2D eigenvalue weighted by atomic mass is 32.1. The number of aryl methyl sites for hydroxylation is 1. The molecule has 2 aromatic rings. The van der Waals surface area contributed by atoms with Crippen LogP contribution in [0.1, 0.15) is 11.3 Å². The van der Waals surface area contributed by atoms with Crippen LogP contribution in [0.25, 0.3) is 5.69 Å². The average molecular weight is 227 g/mol. The third kappa shape index (κ3) is 1.86.